The molecule has 4 amide bonds. The molecule has 3 N–H and O–H groups in total. The van der Waals surface area contributed by atoms with Crippen LogP contribution in [-0.4, -0.2) is 47.9 Å². The summed E-state index contributed by atoms with van der Waals surface area (Å²) >= 11 is 1.55. The minimum absolute atomic E-state index is 0.156. The average molecular weight is 419 g/mol. The number of thioether (sulfide) groups is 1. The Labute approximate surface area is 174 Å². The maximum Gasteiger partial charge on any atom is 0.324 e. The van der Waals surface area contributed by atoms with E-state index < -0.39 is 12.1 Å². The van der Waals surface area contributed by atoms with Crippen molar-refractivity contribution in [3.8, 4) is 5.75 Å². The predicted octanol–water partition coefficient (Wildman–Crippen LogP) is 1.93. The summed E-state index contributed by atoms with van der Waals surface area (Å²) in [5.41, 5.74) is 1.87. The molecule has 1 saturated heterocycles. The molecule has 2 aliphatic rings. The van der Waals surface area contributed by atoms with Crippen LogP contribution in [0.25, 0.3) is 0 Å². The van der Waals surface area contributed by atoms with Gasteiger partial charge in [0.2, 0.25) is 5.91 Å². The summed E-state index contributed by atoms with van der Waals surface area (Å²) in [6, 6.07) is 6.45. The third kappa shape index (κ3) is 5.23. The number of carbonyl (C=O) groups is 3. The topological polar surface area (TPSA) is 99.8 Å². The van der Waals surface area contributed by atoms with Gasteiger partial charge >= 0.3 is 6.03 Å². The minimum Gasteiger partial charge on any atom is -0.497 e. The van der Waals surface area contributed by atoms with Crippen molar-refractivity contribution in [2.75, 3.05) is 13.7 Å². The van der Waals surface area contributed by atoms with Crippen molar-refractivity contribution >= 4 is 29.6 Å². The van der Waals surface area contributed by atoms with E-state index in [1.807, 2.05) is 38.1 Å². The van der Waals surface area contributed by atoms with E-state index in [9.17, 15) is 14.4 Å². The van der Waals surface area contributed by atoms with E-state index in [1.165, 1.54) is 4.90 Å². The lowest BCUT2D eigenvalue weighted by atomic mass is 10.1. The van der Waals surface area contributed by atoms with Gasteiger partial charge in [-0.25, -0.2) is 4.79 Å². The first-order valence-corrected chi connectivity index (χ1v) is 10.4. The molecule has 0 aromatic heterocycles. The summed E-state index contributed by atoms with van der Waals surface area (Å²) in [4.78, 5) is 39.2. The van der Waals surface area contributed by atoms with Gasteiger partial charge in [-0.15, -0.1) is 0 Å². The second-order valence-electron chi connectivity index (χ2n) is 7.02. The summed E-state index contributed by atoms with van der Waals surface area (Å²) in [7, 11) is 1.60. The maximum absolute atomic E-state index is 12.5. The Morgan fingerprint density at radius 1 is 1.21 bits per heavy atom. The Morgan fingerprint density at radius 3 is 2.55 bits per heavy atom. The normalized spacial score (nSPS) is 21.3. The highest BCUT2D eigenvalue weighted by atomic mass is 32.2. The first kappa shape index (κ1) is 21.0. The highest BCUT2D eigenvalue weighted by molar-refractivity contribution is 8.03. The standard InChI is InChI=1S/C20H26N4O4S/c1-12-13(2)29-19(21-12)23-17(25)9-8-16-18(26)24(20(27)22-16)11-10-14-4-6-15(28-3)7-5-14/h4-7,16,19,21H,8-11H2,1-3H3,(H,22,27)(H,23,25)/t16-,19+/m0/s1. The zero-order chi connectivity index (χ0) is 21.0. The van der Waals surface area contributed by atoms with Crippen LogP contribution >= 0.6 is 11.8 Å². The Bertz CT molecular complexity index is 810. The Kier molecular flexibility index (Phi) is 6.68. The first-order chi connectivity index (χ1) is 13.9. The fourth-order valence-corrected chi connectivity index (χ4v) is 4.18. The number of benzene rings is 1. The molecular formula is C20H26N4O4S. The number of amides is 4. The third-order valence-electron chi connectivity index (χ3n) is 5.01. The van der Waals surface area contributed by atoms with Gasteiger partial charge in [0.1, 0.15) is 11.8 Å². The molecular weight excluding hydrogens is 392 g/mol. The van der Waals surface area contributed by atoms with Gasteiger partial charge in [-0.1, -0.05) is 23.9 Å². The molecule has 0 bridgehead atoms. The molecule has 0 unspecified atom stereocenters. The minimum atomic E-state index is -0.657. The number of ether oxygens (including phenoxy) is 1. The zero-order valence-corrected chi connectivity index (χ0v) is 17.6. The highest BCUT2D eigenvalue weighted by Crippen LogP contribution is 2.27. The van der Waals surface area contributed by atoms with E-state index in [0.29, 0.717) is 13.0 Å². The first-order valence-electron chi connectivity index (χ1n) is 9.52. The van der Waals surface area contributed by atoms with Gasteiger partial charge in [-0.05, 0) is 44.4 Å². The molecule has 8 nitrogen and oxygen atoms in total. The Hall–Kier alpha value is -2.68. The van der Waals surface area contributed by atoms with Crippen LogP contribution in [0.4, 0.5) is 4.79 Å². The number of rotatable bonds is 8. The van der Waals surface area contributed by atoms with Crippen LogP contribution in [-0.2, 0) is 16.0 Å². The number of hydrogen-bond acceptors (Lipinski definition) is 6. The van der Waals surface area contributed by atoms with Crippen LogP contribution < -0.4 is 20.7 Å². The summed E-state index contributed by atoms with van der Waals surface area (Å²) in [6.45, 7) is 4.25. The van der Waals surface area contributed by atoms with Crippen LogP contribution in [0.2, 0.25) is 0 Å². The molecule has 29 heavy (non-hydrogen) atoms. The van der Waals surface area contributed by atoms with E-state index in [-0.39, 0.29) is 30.2 Å². The third-order valence-corrected chi connectivity index (χ3v) is 6.14. The summed E-state index contributed by atoms with van der Waals surface area (Å²) in [5.74, 6) is 0.323. The second kappa shape index (κ2) is 9.21. The monoisotopic (exact) mass is 418 g/mol. The van der Waals surface area contributed by atoms with Crippen molar-refractivity contribution in [1.29, 1.82) is 0 Å². The van der Waals surface area contributed by atoms with Crippen molar-refractivity contribution in [2.45, 2.75) is 44.6 Å². The van der Waals surface area contributed by atoms with Crippen LogP contribution in [0.5, 0.6) is 5.75 Å². The van der Waals surface area contributed by atoms with Gasteiger partial charge in [0.15, 0.2) is 5.50 Å². The molecule has 1 aromatic carbocycles. The number of urea groups is 1. The second-order valence-corrected chi connectivity index (χ2v) is 8.34. The van der Waals surface area contributed by atoms with Gasteiger partial charge in [0, 0.05) is 23.6 Å². The smallest absolute Gasteiger partial charge is 0.324 e. The predicted molar refractivity (Wildman–Crippen MR) is 111 cm³/mol. The van der Waals surface area contributed by atoms with E-state index in [4.69, 9.17) is 4.74 Å². The van der Waals surface area contributed by atoms with Crippen LogP contribution in [0.15, 0.2) is 34.9 Å². The number of hydrogen-bond donors (Lipinski definition) is 3. The Balaban J connectivity index is 1.44. The Morgan fingerprint density at radius 2 is 1.93 bits per heavy atom. The molecule has 0 saturated carbocycles. The SMILES string of the molecule is COc1ccc(CCN2C(=O)N[C@@H](CCC(=O)N[C@H]3NC(C)=C(C)S3)C2=O)cc1. The van der Waals surface area contributed by atoms with Crippen molar-refractivity contribution in [1.82, 2.24) is 20.9 Å². The van der Waals surface area contributed by atoms with E-state index >= 15 is 0 Å². The summed E-state index contributed by atoms with van der Waals surface area (Å²) < 4.78 is 5.12. The van der Waals surface area contributed by atoms with Crippen molar-refractivity contribution in [3.63, 3.8) is 0 Å². The fraction of sp³-hybridized carbons (Fsp3) is 0.450. The number of nitrogens with zero attached hydrogens (tertiary/aromatic N) is 1. The molecule has 3 rings (SSSR count). The van der Waals surface area contributed by atoms with Crippen LogP contribution in [0.3, 0.4) is 0 Å². The largest absolute Gasteiger partial charge is 0.497 e. The molecule has 0 spiro atoms. The maximum atomic E-state index is 12.5. The fourth-order valence-electron chi connectivity index (χ4n) is 3.17. The number of nitrogens with one attached hydrogen (secondary N) is 3. The highest BCUT2D eigenvalue weighted by Gasteiger charge is 2.37. The average Bonchev–Trinajstić information content (AvgIpc) is 3.16. The number of methoxy groups -OCH3 is 1. The molecule has 1 aromatic rings. The van der Waals surface area contributed by atoms with E-state index in [2.05, 4.69) is 16.0 Å². The van der Waals surface area contributed by atoms with E-state index in [0.717, 1.165) is 21.9 Å². The lowest BCUT2D eigenvalue weighted by Crippen LogP contribution is -2.40. The van der Waals surface area contributed by atoms with Gasteiger partial charge in [0.05, 0.1) is 7.11 Å². The molecule has 2 aliphatic heterocycles. The molecule has 0 aliphatic carbocycles. The number of allylic oxidation sites excluding steroid dienone is 2. The number of carbonyl (C=O) groups excluding carboxylic acids is 3. The molecule has 2 heterocycles. The molecule has 9 heteroatoms. The summed E-state index contributed by atoms with van der Waals surface area (Å²) in [5, 5.41) is 8.74. The summed E-state index contributed by atoms with van der Waals surface area (Å²) in [6.07, 6.45) is 1.00. The quantitative estimate of drug-likeness (QED) is 0.558. The molecule has 156 valence electrons. The van der Waals surface area contributed by atoms with Gasteiger partial charge in [-0.2, -0.15) is 0 Å². The van der Waals surface area contributed by atoms with Crippen molar-refractivity contribution < 1.29 is 19.1 Å². The van der Waals surface area contributed by atoms with E-state index in [1.54, 1.807) is 18.9 Å². The van der Waals surface area contributed by atoms with Crippen molar-refractivity contribution in [3.05, 3.63) is 40.4 Å². The van der Waals surface area contributed by atoms with Gasteiger partial charge in [0.25, 0.3) is 5.91 Å². The lowest BCUT2D eigenvalue weighted by Gasteiger charge is -2.15. The molecule has 1 fully saturated rings. The lowest BCUT2D eigenvalue weighted by molar-refractivity contribution is -0.127. The van der Waals surface area contributed by atoms with Crippen molar-refractivity contribution in [2.24, 2.45) is 0 Å². The van der Waals surface area contributed by atoms with Crippen LogP contribution in [0.1, 0.15) is 32.3 Å². The molecule has 2 atom stereocenters. The van der Waals surface area contributed by atoms with Gasteiger partial charge in [-0.3, -0.25) is 14.5 Å². The molecule has 0 radical (unpaired) electrons. The van der Waals surface area contributed by atoms with Crippen LogP contribution in [0, 0.1) is 0 Å². The number of imide groups is 1. The van der Waals surface area contributed by atoms with Gasteiger partial charge < -0.3 is 20.7 Å². The zero-order valence-electron chi connectivity index (χ0n) is 16.8.